The molecule has 0 bridgehead atoms. The lowest BCUT2D eigenvalue weighted by molar-refractivity contribution is 0.391. The van der Waals surface area contributed by atoms with Gasteiger partial charge in [-0.25, -0.2) is 4.39 Å². The fourth-order valence-corrected chi connectivity index (χ4v) is 1.65. The smallest absolute Gasteiger partial charge is 0.123 e. The van der Waals surface area contributed by atoms with Gasteiger partial charge in [0.2, 0.25) is 0 Å². The van der Waals surface area contributed by atoms with Crippen LogP contribution in [0.25, 0.3) is 0 Å². The third-order valence-electron chi connectivity index (χ3n) is 3.06. The highest BCUT2D eigenvalue weighted by Crippen LogP contribution is 2.19. The van der Waals surface area contributed by atoms with Crippen molar-refractivity contribution < 1.29 is 9.13 Å². The standard InChI is InChI=1S/C14H23FN2O/c1-14(2,16-3)10-17-8-7-11-9-12(15)5-6-13(11)18-4/h5-6,9,16-17H,7-8,10H2,1-4H3. The highest BCUT2D eigenvalue weighted by atomic mass is 19.1. The predicted octanol–water partition coefficient (Wildman–Crippen LogP) is 1.96. The van der Waals surface area contributed by atoms with E-state index in [0.29, 0.717) is 0 Å². The van der Waals surface area contributed by atoms with Crippen LogP contribution in [0.15, 0.2) is 18.2 Å². The van der Waals surface area contributed by atoms with Gasteiger partial charge in [0.15, 0.2) is 0 Å². The van der Waals surface area contributed by atoms with E-state index in [4.69, 9.17) is 4.74 Å². The Balaban J connectivity index is 2.46. The van der Waals surface area contributed by atoms with Crippen LogP contribution >= 0.6 is 0 Å². The number of rotatable bonds is 7. The summed E-state index contributed by atoms with van der Waals surface area (Å²) in [5, 5.41) is 6.58. The molecule has 1 aromatic rings. The van der Waals surface area contributed by atoms with Crippen LogP contribution in [-0.2, 0) is 6.42 Å². The molecule has 0 atom stereocenters. The Labute approximate surface area is 109 Å². The fraction of sp³-hybridized carbons (Fsp3) is 0.571. The molecule has 3 nitrogen and oxygen atoms in total. The summed E-state index contributed by atoms with van der Waals surface area (Å²) in [6.45, 7) is 5.91. The lowest BCUT2D eigenvalue weighted by Crippen LogP contribution is -2.46. The number of hydrogen-bond acceptors (Lipinski definition) is 3. The molecule has 0 unspecified atom stereocenters. The normalized spacial score (nSPS) is 11.6. The minimum atomic E-state index is -0.221. The van der Waals surface area contributed by atoms with Gasteiger partial charge < -0.3 is 15.4 Å². The van der Waals surface area contributed by atoms with Crippen LogP contribution in [0.2, 0.25) is 0 Å². The van der Waals surface area contributed by atoms with Crippen LogP contribution in [0, 0.1) is 5.82 Å². The van der Waals surface area contributed by atoms with Gasteiger partial charge in [0, 0.05) is 12.1 Å². The van der Waals surface area contributed by atoms with Gasteiger partial charge in [-0.1, -0.05) is 0 Å². The lowest BCUT2D eigenvalue weighted by Gasteiger charge is -2.24. The Morgan fingerprint density at radius 2 is 2.06 bits per heavy atom. The predicted molar refractivity (Wildman–Crippen MR) is 72.7 cm³/mol. The van der Waals surface area contributed by atoms with Crippen molar-refractivity contribution in [3.05, 3.63) is 29.6 Å². The van der Waals surface area contributed by atoms with E-state index >= 15 is 0 Å². The molecule has 102 valence electrons. The van der Waals surface area contributed by atoms with Crippen molar-refractivity contribution in [2.45, 2.75) is 25.8 Å². The summed E-state index contributed by atoms with van der Waals surface area (Å²) >= 11 is 0. The van der Waals surface area contributed by atoms with E-state index in [0.717, 1.165) is 30.8 Å². The van der Waals surface area contributed by atoms with Crippen LogP contribution < -0.4 is 15.4 Å². The highest BCUT2D eigenvalue weighted by Gasteiger charge is 2.13. The minimum Gasteiger partial charge on any atom is -0.496 e. The Bertz CT molecular complexity index is 380. The van der Waals surface area contributed by atoms with Gasteiger partial charge in [-0.3, -0.25) is 0 Å². The molecule has 0 heterocycles. The molecule has 18 heavy (non-hydrogen) atoms. The van der Waals surface area contributed by atoms with Crippen LogP contribution in [0.3, 0.4) is 0 Å². The number of nitrogens with one attached hydrogen (secondary N) is 2. The quantitative estimate of drug-likeness (QED) is 0.730. The Morgan fingerprint density at radius 3 is 2.67 bits per heavy atom. The highest BCUT2D eigenvalue weighted by molar-refractivity contribution is 5.34. The molecule has 0 aliphatic rings. The Kier molecular flexibility index (Phi) is 5.56. The summed E-state index contributed by atoms with van der Waals surface area (Å²) in [7, 11) is 3.55. The maximum Gasteiger partial charge on any atom is 0.123 e. The first-order chi connectivity index (χ1) is 8.48. The van der Waals surface area contributed by atoms with E-state index in [-0.39, 0.29) is 11.4 Å². The van der Waals surface area contributed by atoms with Crippen LogP contribution in [0.1, 0.15) is 19.4 Å². The summed E-state index contributed by atoms with van der Waals surface area (Å²) in [5.74, 6) is 0.521. The van der Waals surface area contributed by atoms with E-state index in [1.54, 1.807) is 13.2 Å². The molecule has 0 fully saturated rings. The topological polar surface area (TPSA) is 33.3 Å². The second-order valence-corrected chi connectivity index (χ2v) is 5.02. The second-order valence-electron chi connectivity index (χ2n) is 5.02. The number of likely N-dealkylation sites (N-methyl/N-ethyl adjacent to an activating group) is 1. The Hall–Kier alpha value is -1.13. The zero-order valence-corrected chi connectivity index (χ0v) is 11.6. The molecule has 0 aliphatic heterocycles. The zero-order valence-electron chi connectivity index (χ0n) is 11.6. The van der Waals surface area contributed by atoms with E-state index < -0.39 is 0 Å². The van der Waals surface area contributed by atoms with Gasteiger partial charge in [-0.2, -0.15) is 0 Å². The van der Waals surface area contributed by atoms with Crippen molar-refractivity contribution in [2.75, 3.05) is 27.2 Å². The average molecular weight is 254 g/mol. The molecule has 0 aromatic heterocycles. The molecule has 4 heteroatoms. The van der Waals surface area contributed by atoms with Gasteiger partial charge in [-0.15, -0.1) is 0 Å². The molecule has 0 saturated carbocycles. The summed E-state index contributed by atoms with van der Waals surface area (Å²) in [6.07, 6.45) is 0.751. The summed E-state index contributed by atoms with van der Waals surface area (Å²) < 4.78 is 18.4. The van der Waals surface area contributed by atoms with Crippen molar-refractivity contribution >= 4 is 0 Å². The van der Waals surface area contributed by atoms with E-state index in [9.17, 15) is 4.39 Å². The lowest BCUT2D eigenvalue weighted by atomic mass is 10.1. The Morgan fingerprint density at radius 1 is 1.33 bits per heavy atom. The number of halogens is 1. The molecule has 0 spiro atoms. The molecule has 2 N–H and O–H groups in total. The number of hydrogen-bond donors (Lipinski definition) is 2. The first-order valence-corrected chi connectivity index (χ1v) is 6.20. The minimum absolute atomic E-state index is 0.0615. The fourth-order valence-electron chi connectivity index (χ4n) is 1.65. The zero-order chi connectivity index (χ0) is 13.6. The van der Waals surface area contributed by atoms with Crippen LogP contribution in [-0.4, -0.2) is 32.8 Å². The van der Waals surface area contributed by atoms with Crippen molar-refractivity contribution in [2.24, 2.45) is 0 Å². The van der Waals surface area contributed by atoms with Crippen molar-refractivity contribution in [1.29, 1.82) is 0 Å². The summed E-state index contributed by atoms with van der Waals surface area (Å²) in [5.41, 5.74) is 0.957. The van der Waals surface area contributed by atoms with Crippen molar-refractivity contribution in [1.82, 2.24) is 10.6 Å². The van der Waals surface area contributed by atoms with Crippen LogP contribution in [0.5, 0.6) is 5.75 Å². The average Bonchev–Trinajstić information content (AvgIpc) is 2.35. The molecule has 0 radical (unpaired) electrons. The third-order valence-corrected chi connectivity index (χ3v) is 3.06. The maximum atomic E-state index is 13.2. The molecule has 0 amide bonds. The van der Waals surface area contributed by atoms with Crippen LogP contribution in [0.4, 0.5) is 4.39 Å². The van der Waals surface area contributed by atoms with E-state index in [2.05, 4.69) is 24.5 Å². The molecular weight excluding hydrogens is 231 g/mol. The van der Waals surface area contributed by atoms with Gasteiger partial charge in [0.1, 0.15) is 11.6 Å². The SMILES string of the molecule is CNC(C)(C)CNCCc1cc(F)ccc1OC. The van der Waals surface area contributed by atoms with E-state index in [1.165, 1.54) is 12.1 Å². The molecule has 1 rings (SSSR count). The summed E-state index contributed by atoms with van der Waals surface area (Å²) in [6, 6.07) is 4.62. The van der Waals surface area contributed by atoms with Gasteiger partial charge in [0.25, 0.3) is 0 Å². The molecule has 0 saturated heterocycles. The first kappa shape index (κ1) is 14.9. The second kappa shape index (κ2) is 6.71. The molecule has 1 aromatic carbocycles. The molecular formula is C14H23FN2O. The van der Waals surface area contributed by atoms with Crippen molar-refractivity contribution in [3.8, 4) is 5.75 Å². The number of ether oxygens (including phenoxy) is 1. The largest absolute Gasteiger partial charge is 0.496 e. The van der Waals surface area contributed by atoms with Gasteiger partial charge >= 0.3 is 0 Å². The number of benzene rings is 1. The first-order valence-electron chi connectivity index (χ1n) is 6.20. The monoisotopic (exact) mass is 254 g/mol. The van der Waals surface area contributed by atoms with Gasteiger partial charge in [-0.05, 0) is 57.6 Å². The maximum absolute atomic E-state index is 13.2. The number of methoxy groups -OCH3 is 1. The van der Waals surface area contributed by atoms with Crippen molar-refractivity contribution in [3.63, 3.8) is 0 Å². The van der Waals surface area contributed by atoms with Gasteiger partial charge in [0.05, 0.1) is 7.11 Å². The third kappa shape index (κ3) is 4.63. The van der Waals surface area contributed by atoms with E-state index in [1.807, 2.05) is 7.05 Å². The summed E-state index contributed by atoms with van der Waals surface area (Å²) in [4.78, 5) is 0. The molecule has 0 aliphatic carbocycles.